The molecule has 1 unspecified atom stereocenters. The number of unbranched alkanes of at least 4 members (excludes halogenated alkanes) is 2. The van der Waals surface area contributed by atoms with Crippen molar-refractivity contribution in [1.82, 2.24) is 10.2 Å². The van der Waals surface area contributed by atoms with Gasteiger partial charge >= 0.3 is 14.8 Å². The summed E-state index contributed by atoms with van der Waals surface area (Å²) in [5.41, 5.74) is -0.777. The van der Waals surface area contributed by atoms with Gasteiger partial charge in [-0.3, -0.25) is 9.69 Å². The molecule has 0 aliphatic carbocycles. The summed E-state index contributed by atoms with van der Waals surface area (Å²) in [5.74, 6) is -0.130. The van der Waals surface area contributed by atoms with Gasteiger partial charge in [0.05, 0.1) is 0 Å². The molecule has 26 heavy (non-hydrogen) atoms. The van der Waals surface area contributed by atoms with E-state index in [2.05, 4.69) is 12.2 Å². The van der Waals surface area contributed by atoms with E-state index in [0.29, 0.717) is 45.3 Å². The number of hydrogen-bond acceptors (Lipinski definition) is 5. The monoisotopic (exact) mass is 388 g/mol. The van der Waals surface area contributed by atoms with Gasteiger partial charge in [-0.2, -0.15) is 0 Å². The van der Waals surface area contributed by atoms with E-state index < -0.39 is 14.3 Å². The Bertz CT molecular complexity index is 446. The molecule has 0 spiro atoms. The van der Waals surface area contributed by atoms with Crippen molar-refractivity contribution < 1.29 is 22.9 Å². The maximum absolute atomic E-state index is 12.7. The molecule has 3 amide bonds. The number of nitrogens with zero attached hydrogens (tertiary/aromatic N) is 1. The predicted molar refractivity (Wildman–Crippen MR) is 103 cm³/mol. The summed E-state index contributed by atoms with van der Waals surface area (Å²) in [4.78, 5) is 26.3. The van der Waals surface area contributed by atoms with Crippen LogP contribution in [0.3, 0.4) is 0 Å². The van der Waals surface area contributed by atoms with Crippen LogP contribution in [0, 0.1) is 0 Å². The van der Waals surface area contributed by atoms with Gasteiger partial charge in [-0.25, -0.2) is 4.79 Å². The van der Waals surface area contributed by atoms with Crippen LogP contribution in [0.5, 0.6) is 0 Å². The van der Waals surface area contributed by atoms with E-state index >= 15 is 0 Å². The Labute approximate surface area is 159 Å². The number of carbonyl (C=O) groups excluding carboxylic acids is 2. The van der Waals surface area contributed by atoms with Gasteiger partial charge in [-0.15, -0.1) is 0 Å². The minimum absolute atomic E-state index is 0.130. The molecule has 152 valence electrons. The summed E-state index contributed by atoms with van der Waals surface area (Å²) in [6, 6.07) is 0.289. The molecule has 7 nitrogen and oxygen atoms in total. The predicted octanol–water partition coefficient (Wildman–Crippen LogP) is 3.32. The fourth-order valence-electron chi connectivity index (χ4n) is 3.30. The van der Waals surface area contributed by atoms with Crippen molar-refractivity contribution in [2.45, 2.75) is 78.3 Å². The van der Waals surface area contributed by atoms with E-state index in [1.165, 1.54) is 4.90 Å². The van der Waals surface area contributed by atoms with Crippen LogP contribution >= 0.6 is 0 Å². The zero-order chi connectivity index (χ0) is 19.6. The SMILES string of the molecule is CCCCCC1(C)NC(=O)N(CCC[Si](OCC)(OCC)OCC)C1=O. The number of hydrogen-bond donors (Lipinski definition) is 1. The van der Waals surface area contributed by atoms with Crippen LogP contribution in [0.2, 0.25) is 6.04 Å². The Kier molecular flexibility index (Phi) is 9.77. The van der Waals surface area contributed by atoms with E-state index in [0.717, 1.165) is 19.3 Å². The van der Waals surface area contributed by atoms with Gasteiger partial charge in [-0.1, -0.05) is 26.2 Å². The molecule has 1 rings (SSSR count). The summed E-state index contributed by atoms with van der Waals surface area (Å²) in [5, 5.41) is 2.87. The minimum Gasteiger partial charge on any atom is -0.374 e. The molecule has 0 aromatic carbocycles. The van der Waals surface area contributed by atoms with Crippen LogP contribution in [0.25, 0.3) is 0 Å². The normalized spacial score (nSPS) is 20.7. The first-order valence-corrected chi connectivity index (χ1v) is 11.9. The Morgan fingerprint density at radius 1 is 0.962 bits per heavy atom. The number of amides is 3. The van der Waals surface area contributed by atoms with Gasteiger partial charge < -0.3 is 18.6 Å². The maximum Gasteiger partial charge on any atom is 0.500 e. The summed E-state index contributed by atoms with van der Waals surface area (Å²) >= 11 is 0. The quantitative estimate of drug-likeness (QED) is 0.281. The van der Waals surface area contributed by atoms with Crippen molar-refractivity contribution >= 4 is 20.7 Å². The first-order chi connectivity index (χ1) is 12.4. The van der Waals surface area contributed by atoms with Gasteiger partial charge in [0, 0.05) is 32.4 Å². The number of imide groups is 1. The summed E-state index contributed by atoms with van der Waals surface area (Å²) < 4.78 is 17.5. The van der Waals surface area contributed by atoms with Crippen LogP contribution in [-0.2, 0) is 18.1 Å². The minimum atomic E-state index is -2.74. The second kappa shape index (κ2) is 11.0. The third-order valence-corrected chi connectivity index (χ3v) is 7.73. The lowest BCUT2D eigenvalue weighted by atomic mass is 9.94. The average molecular weight is 389 g/mol. The Balaban J connectivity index is 2.64. The van der Waals surface area contributed by atoms with E-state index in [4.69, 9.17) is 13.3 Å². The largest absolute Gasteiger partial charge is 0.500 e. The molecular formula is C18H36N2O5Si. The Morgan fingerprint density at radius 2 is 1.54 bits per heavy atom. The van der Waals surface area contributed by atoms with E-state index in [-0.39, 0.29) is 11.9 Å². The summed E-state index contributed by atoms with van der Waals surface area (Å²) in [7, 11) is -2.74. The van der Waals surface area contributed by atoms with Crippen molar-refractivity contribution in [3.63, 3.8) is 0 Å². The van der Waals surface area contributed by atoms with E-state index in [1.807, 2.05) is 27.7 Å². The van der Waals surface area contributed by atoms with Crippen LogP contribution in [0.15, 0.2) is 0 Å². The second-order valence-corrected chi connectivity index (χ2v) is 9.49. The number of nitrogens with one attached hydrogen (secondary N) is 1. The molecule has 1 aliphatic rings. The molecule has 0 bridgehead atoms. The molecule has 8 heteroatoms. The lowest BCUT2D eigenvalue weighted by Gasteiger charge is -2.29. The highest BCUT2D eigenvalue weighted by Gasteiger charge is 2.47. The van der Waals surface area contributed by atoms with Gasteiger partial charge in [0.2, 0.25) is 0 Å². The van der Waals surface area contributed by atoms with Crippen LogP contribution in [0.1, 0.15) is 66.7 Å². The van der Waals surface area contributed by atoms with Crippen molar-refractivity contribution in [3.8, 4) is 0 Å². The van der Waals surface area contributed by atoms with E-state index in [9.17, 15) is 9.59 Å². The third kappa shape index (κ3) is 6.04. The van der Waals surface area contributed by atoms with Crippen molar-refractivity contribution in [1.29, 1.82) is 0 Å². The molecule has 0 radical (unpaired) electrons. The van der Waals surface area contributed by atoms with Gasteiger partial charge in [0.25, 0.3) is 5.91 Å². The van der Waals surface area contributed by atoms with Gasteiger partial charge in [0.1, 0.15) is 5.54 Å². The Hall–Kier alpha value is -0.963. The number of carbonyl (C=O) groups is 2. The molecule has 1 aliphatic heterocycles. The molecule has 0 saturated carbocycles. The van der Waals surface area contributed by atoms with Crippen molar-refractivity contribution in [2.24, 2.45) is 0 Å². The topological polar surface area (TPSA) is 77.1 Å². The molecule has 1 saturated heterocycles. The first kappa shape index (κ1) is 23.1. The van der Waals surface area contributed by atoms with Crippen molar-refractivity contribution in [3.05, 3.63) is 0 Å². The molecule has 1 atom stereocenters. The molecule has 1 N–H and O–H groups in total. The maximum atomic E-state index is 12.7. The lowest BCUT2D eigenvalue weighted by Crippen LogP contribution is -2.47. The molecule has 1 heterocycles. The smallest absolute Gasteiger partial charge is 0.374 e. The number of urea groups is 1. The zero-order valence-corrected chi connectivity index (χ0v) is 18.1. The highest BCUT2D eigenvalue weighted by atomic mass is 28.4. The second-order valence-electron chi connectivity index (χ2n) is 6.76. The molecule has 0 aromatic rings. The lowest BCUT2D eigenvalue weighted by molar-refractivity contribution is -0.131. The Morgan fingerprint density at radius 3 is 2.04 bits per heavy atom. The average Bonchev–Trinajstić information content (AvgIpc) is 2.79. The highest BCUT2D eigenvalue weighted by Crippen LogP contribution is 2.25. The van der Waals surface area contributed by atoms with Crippen LogP contribution in [0.4, 0.5) is 4.79 Å². The third-order valence-electron chi connectivity index (χ3n) is 4.58. The first-order valence-electron chi connectivity index (χ1n) is 9.94. The molecule has 0 aromatic heterocycles. The summed E-state index contributed by atoms with van der Waals surface area (Å²) in [6.07, 6.45) is 4.36. The number of rotatable bonds is 14. The van der Waals surface area contributed by atoms with Crippen LogP contribution in [-0.4, -0.2) is 57.5 Å². The van der Waals surface area contributed by atoms with Gasteiger partial charge in [-0.05, 0) is 40.5 Å². The summed E-state index contributed by atoms with van der Waals surface area (Å²) in [6.45, 7) is 11.6. The fraction of sp³-hybridized carbons (Fsp3) is 0.889. The fourth-order valence-corrected chi connectivity index (χ4v) is 5.90. The van der Waals surface area contributed by atoms with Crippen LogP contribution < -0.4 is 5.32 Å². The molecular weight excluding hydrogens is 352 g/mol. The van der Waals surface area contributed by atoms with Crippen molar-refractivity contribution in [2.75, 3.05) is 26.4 Å². The zero-order valence-electron chi connectivity index (χ0n) is 17.1. The standard InChI is InChI=1S/C18H36N2O5Si/c1-6-10-11-13-18(5)16(21)20(17(22)19-18)14-12-15-26(23-7-2,24-8-3)25-9-4/h6-15H2,1-5H3,(H,19,22). The molecule has 1 fully saturated rings. The van der Waals surface area contributed by atoms with Gasteiger partial charge in [0.15, 0.2) is 0 Å². The highest BCUT2D eigenvalue weighted by molar-refractivity contribution is 6.60. The van der Waals surface area contributed by atoms with E-state index in [1.54, 1.807) is 0 Å².